The van der Waals surface area contributed by atoms with E-state index in [2.05, 4.69) is 5.32 Å². The van der Waals surface area contributed by atoms with Gasteiger partial charge in [0.25, 0.3) is 0 Å². The Balaban J connectivity index is 1.70. The van der Waals surface area contributed by atoms with Crippen molar-refractivity contribution in [3.8, 4) is 5.75 Å². The lowest BCUT2D eigenvalue weighted by atomic mass is 10.1. The summed E-state index contributed by atoms with van der Waals surface area (Å²) in [6.45, 7) is 0.211. The number of hydrogen-bond donors (Lipinski definition) is 2. The zero-order chi connectivity index (χ0) is 20.5. The summed E-state index contributed by atoms with van der Waals surface area (Å²) in [4.78, 5) is 26.4. The number of phenolic OH excluding ortho intramolecular Hbond substituents is 1. The molecule has 1 aliphatic heterocycles. The third kappa shape index (κ3) is 4.00. The zero-order valence-electron chi connectivity index (χ0n) is 15.5. The molecule has 2 N–H and O–H groups in total. The fourth-order valence-corrected chi connectivity index (χ4v) is 3.83. The molecular weight excluding hydrogens is 382 g/mol. The molecule has 3 rings (SSSR count). The van der Waals surface area contributed by atoms with Crippen molar-refractivity contribution in [3.05, 3.63) is 48.5 Å². The van der Waals surface area contributed by atoms with Gasteiger partial charge in [-0.25, -0.2) is 12.7 Å². The summed E-state index contributed by atoms with van der Waals surface area (Å²) in [5.41, 5.74) is 1.08. The largest absolute Gasteiger partial charge is 0.508 e. The van der Waals surface area contributed by atoms with Crippen LogP contribution >= 0.6 is 0 Å². The number of carbonyl (C=O) groups excluding carboxylic acids is 2. The van der Waals surface area contributed by atoms with Gasteiger partial charge in [0.1, 0.15) is 5.75 Å². The summed E-state index contributed by atoms with van der Waals surface area (Å²) in [7, 11) is -0.647. The molecule has 8 nitrogen and oxygen atoms in total. The van der Waals surface area contributed by atoms with Crippen molar-refractivity contribution < 1.29 is 23.1 Å². The second-order valence-corrected chi connectivity index (χ2v) is 8.87. The lowest BCUT2D eigenvalue weighted by Gasteiger charge is -2.18. The molecule has 0 aromatic heterocycles. The number of hydrogen-bond acceptors (Lipinski definition) is 5. The molecule has 28 heavy (non-hydrogen) atoms. The number of nitrogens with one attached hydrogen (secondary N) is 1. The molecule has 148 valence electrons. The van der Waals surface area contributed by atoms with Crippen LogP contribution in [0.25, 0.3) is 0 Å². The Kier molecular flexibility index (Phi) is 5.39. The minimum Gasteiger partial charge on any atom is -0.508 e. The molecule has 0 bridgehead atoms. The van der Waals surface area contributed by atoms with Gasteiger partial charge in [0, 0.05) is 38.4 Å². The second kappa shape index (κ2) is 7.61. The van der Waals surface area contributed by atoms with Gasteiger partial charge < -0.3 is 15.3 Å². The zero-order valence-corrected chi connectivity index (χ0v) is 16.3. The average Bonchev–Trinajstić information content (AvgIpc) is 3.05. The van der Waals surface area contributed by atoms with Crippen LogP contribution in [0.5, 0.6) is 5.75 Å². The maximum atomic E-state index is 12.4. The second-order valence-electron chi connectivity index (χ2n) is 6.72. The fraction of sp³-hybridized carbons (Fsp3) is 0.263. The molecule has 1 heterocycles. The van der Waals surface area contributed by atoms with Crippen molar-refractivity contribution in [2.75, 3.05) is 30.9 Å². The monoisotopic (exact) mass is 403 g/mol. The third-order valence-electron chi connectivity index (χ3n) is 4.56. The number of rotatable bonds is 5. The molecule has 2 aromatic carbocycles. The fourth-order valence-electron chi connectivity index (χ4n) is 2.93. The van der Waals surface area contributed by atoms with E-state index < -0.39 is 15.9 Å². The number of carbonyl (C=O) groups is 2. The van der Waals surface area contributed by atoms with Crippen molar-refractivity contribution in [1.82, 2.24) is 4.31 Å². The van der Waals surface area contributed by atoms with Crippen LogP contribution in [0.3, 0.4) is 0 Å². The third-order valence-corrected chi connectivity index (χ3v) is 6.39. The smallest absolute Gasteiger partial charge is 0.242 e. The van der Waals surface area contributed by atoms with Gasteiger partial charge in [-0.15, -0.1) is 0 Å². The Labute approximate surface area is 163 Å². The number of anilines is 2. The highest BCUT2D eigenvalue weighted by Gasteiger charge is 2.35. The van der Waals surface area contributed by atoms with Gasteiger partial charge in [0.2, 0.25) is 21.8 Å². The number of phenols is 1. The molecule has 0 aliphatic carbocycles. The normalized spacial score (nSPS) is 17.2. The maximum Gasteiger partial charge on any atom is 0.242 e. The Morgan fingerprint density at radius 1 is 1.11 bits per heavy atom. The van der Waals surface area contributed by atoms with Gasteiger partial charge in [-0.3, -0.25) is 9.59 Å². The van der Waals surface area contributed by atoms with Crippen LogP contribution < -0.4 is 10.2 Å². The SMILES string of the molecule is CN(C)S(=O)(=O)c1ccc(N2CC(C(=O)Nc3ccc(O)cc3)CC2=O)cc1. The first-order chi connectivity index (χ1) is 13.2. The number of amides is 2. The molecule has 1 unspecified atom stereocenters. The Morgan fingerprint density at radius 3 is 2.29 bits per heavy atom. The van der Waals surface area contributed by atoms with Gasteiger partial charge in [-0.1, -0.05) is 0 Å². The van der Waals surface area contributed by atoms with E-state index >= 15 is 0 Å². The molecule has 1 atom stereocenters. The minimum absolute atomic E-state index is 0.0711. The van der Waals surface area contributed by atoms with Crippen LogP contribution in [0.15, 0.2) is 53.4 Å². The quantitative estimate of drug-likeness (QED) is 0.738. The van der Waals surface area contributed by atoms with Crippen molar-refractivity contribution in [2.24, 2.45) is 5.92 Å². The summed E-state index contributed by atoms with van der Waals surface area (Å²) in [5, 5.41) is 12.0. The van der Waals surface area contributed by atoms with Crippen LogP contribution in [0.4, 0.5) is 11.4 Å². The summed E-state index contributed by atoms with van der Waals surface area (Å²) >= 11 is 0. The van der Waals surface area contributed by atoms with E-state index in [1.54, 1.807) is 24.3 Å². The number of benzene rings is 2. The van der Waals surface area contributed by atoms with E-state index in [1.807, 2.05) is 0 Å². The number of sulfonamides is 1. The highest BCUT2D eigenvalue weighted by atomic mass is 32.2. The summed E-state index contributed by atoms with van der Waals surface area (Å²) in [5.74, 6) is -0.908. The Bertz CT molecular complexity index is 985. The van der Waals surface area contributed by atoms with Crippen molar-refractivity contribution in [3.63, 3.8) is 0 Å². The summed E-state index contributed by atoms with van der Waals surface area (Å²) in [6, 6.07) is 12.1. The highest BCUT2D eigenvalue weighted by molar-refractivity contribution is 7.89. The van der Waals surface area contributed by atoms with Gasteiger partial charge >= 0.3 is 0 Å². The van der Waals surface area contributed by atoms with Crippen LogP contribution in [-0.2, 0) is 19.6 Å². The molecule has 0 saturated carbocycles. The van der Waals surface area contributed by atoms with Gasteiger partial charge in [-0.2, -0.15) is 0 Å². The maximum absolute atomic E-state index is 12.4. The molecular formula is C19H21N3O5S. The van der Waals surface area contributed by atoms with Crippen LogP contribution in [0.2, 0.25) is 0 Å². The van der Waals surface area contributed by atoms with E-state index in [0.717, 1.165) is 4.31 Å². The molecule has 0 spiro atoms. The summed E-state index contributed by atoms with van der Waals surface area (Å²) < 4.78 is 25.4. The van der Waals surface area contributed by atoms with E-state index in [0.29, 0.717) is 11.4 Å². The van der Waals surface area contributed by atoms with E-state index in [-0.39, 0.29) is 35.4 Å². The van der Waals surface area contributed by atoms with Gasteiger partial charge in [0.05, 0.1) is 10.8 Å². The first-order valence-corrected chi connectivity index (χ1v) is 10.1. The van der Waals surface area contributed by atoms with Crippen LogP contribution in [0.1, 0.15) is 6.42 Å². The van der Waals surface area contributed by atoms with E-state index in [1.165, 1.54) is 43.3 Å². The van der Waals surface area contributed by atoms with E-state index in [4.69, 9.17) is 0 Å². The molecule has 1 aliphatic rings. The molecule has 0 radical (unpaired) electrons. The Hall–Kier alpha value is -2.91. The summed E-state index contributed by atoms with van der Waals surface area (Å²) in [6.07, 6.45) is 0.0711. The topological polar surface area (TPSA) is 107 Å². The molecule has 2 amide bonds. The molecule has 1 fully saturated rings. The lowest BCUT2D eigenvalue weighted by Crippen LogP contribution is -2.28. The predicted molar refractivity (Wildman–Crippen MR) is 105 cm³/mol. The van der Waals surface area contributed by atoms with Crippen LogP contribution in [0, 0.1) is 5.92 Å². The number of nitrogens with zero attached hydrogens (tertiary/aromatic N) is 2. The lowest BCUT2D eigenvalue weighted by molar-refractivity contribution is -0.122. The van der Waals surface area contributed by atoms with Crippen LogP contribution in [-0.4, -0.2) is 50.3 Å². The van der Waals surface area contributed by atoms with E-state index in [9.17, 15) is 23.1 Å². The highest BCUT2D eigenvalue weighted by Crippen LogP contribution is 2.27. The molecule has 1 saturated heterocycles. The molecule has 2 aromatic rings. The predicted octanol–water partition coefficient (Wildman–Crippen LogP) is 1.63. The minimum atomic E-state index is -3.54. The molecule has 9 heteroatoms. The van der Waals surface area contributed by atoms with Crippen molar-refractivity contribution in [1.29, 1.82) is 0 Å². The van der Waals surface area contributed by atoms with Gasteiger partial charge in [0.15, 0.2) is 0 Å². The first-order valence-electron chi connectivity index (χ1n) is 8.61. The van der Waals surface area contributed by atoms with Gasteiger partial charge in [-0.05, 0) is 48.5 Å². The Morgan fingerprint density at radius 2 is 1.71 bits per heavy atom. The van der Waals surface area contributed by atoms with Crippen molar-refractivity contribution >= 4 is 33.2 Å². The standard InChI is InChI=1S/C19H21N3O5S/c1-21(2)28(26,27)17-9-5-15(6-10-17)22-12-13(11-18(22)24)19(25)20-14-3-7-16(23)8-4-14/h3-10,13,23H,11-12H2,1-2H3,(H,20,25). The average molecular weight is 403 g/mol. The van der Waals surface area contributed by atoms with Crippen molar-refractivity contribution in [2.45, 2.75) is 11.3 Å². The number of aromatic hydroxyl groups is 1. The first kappa shape index (κ1) is 19.8.